The number of carbonyl (C=O) groups is 1. The third-order valence-electron chi connectivity index (χ3n) is 3.35. The van der Waals surface area contributed by atoms with Crippen LogP contribution in [0.4, 0.5) is 0 Å². The summed E-state index contributed by atoms with van der Waals surface area (Å²) in [6.07, 6.45) is 3.90. The number of amides is 1. The smallest absolute Gasteiger partial charge is 0.277 e. The summed E-state index contributed by atoms with van der Waals surface area (Å²) in [6.45, 7) is 3.48. The summed E-state index contributed by atoms with van der Waals surface area (Å²) in [5.74, 6) is 0.582. The predicted octanol–water partition coefficient (Wildman–Crippen LogP) is 4.26. The number of methoxy groups -OCH3 is 1. The highest BCUT2D eigenvalue weighted by molar-refractivity contribution is 6.38. The van der Waals surface area contributed by atoms with E-state index in [1.165, 1.54) is 13.3 Å². The predicted molar refractivity (Wildman–Crippen MR) is 105 cm³/mol. The van der Waals surface area contributed by atoms with Gasteiger partial charge in [-0.2, -0.15) is 5.10 Å². The molecular weight excluding hydrogens is 375 g/mol. The van der Waals surface area contributed by atoms with Crippen LogP contribution in [0.5, 0.6) is 11.5 Å². The molecule has 0 unspecified atom stereocenters. The van der Waals surface area contributed by atoms with E-state index in [1.54, 1.807) is 30.3 Å². The Hall–Kier alpha value is -2.50. The summed E-state index contributed by atoms with van der Waals surface area (Å²) in [5, 5.41) is 4.72. The van der Waals surface area contributed by atoms with Crippen LogP contribution in [0.15, 0.2) is 54.2 Å². The van der Waals surface area contributed by atoms with Gasteiger partial charge in [-0.3, -0.25) is 4.79 Å². The molecule has 0 heterocycles. The van der Waals surface area contributed by atoms with Gasteiger partial charge in [0, 0.05) is 5.56 Å². The molecule has 2 aromatic rings. The first-order valence-electron chi connectivity index (χ1n) is 7.71. The molecule has 0 aliphatic carbocycles. The summed E-state index contributed by atoms with van der Waals surface area (Å²) >= 11 is 12.0. The normalized spacial score (nSPS) is 10.6. The fourth-order valence-corrected chi connectivity index (χ4v) is 2.60. The third kappa shape index (κ3) is 5.51. The number of carbonyl (C=O) groups excluding carboxylic acids is 1. The van der Waals surface area contributed by atoms with Crippen molar-refractivity contribution in [2.45, 2.75) is 6.42 Å². The number of benzene rings is 2. The minimum Gasteiger partial charge on any atom is -0.493 e. The fourth-order valence-electron chi connectivity index (χ4n) is 2.10. The SMILES string of the molecule is C=CCc1ccc(OCC(=O)NN=Cc2c(Cl)cccc2Cl)c(OC)c1. The lowest BCUT2D eigenvalue weighted by Gasteiger charge is -2.11. The summed E-state index contributed by atoms with van der Waals surface area (Å²) in [6, 6.07) is 10.6. The van der Waals surface area contributed by atoms with Crippen molar-refractivity contribution in [1.29, 1.82) is 0 Å². The van der Waals surface area contributed by atoms with E-state index in [9.17, 15) is 4.79 Å². The van der Waals surface area contributed by atoms with Gasteiger partial charge in [-0.25, -0.2) is 5.43 Å². The highest BCUT2D eigenvalue weighted by Crippen LogP contribution is 2.28. The minimum absolute atomic E-state index is 0.218. The molecule has 1 N–H and O–H groups in total. The Morgan fingerprint density at radius 1 is 1.23 bits per heavy atom. The van der Waals surface area contributed by atoms with E-state index >= 15 is 0 Å². The fraction of sp³-hybridized carbons (Fsp3) is 0.158. The summed E-state index contributed by atoms with van der Waals surface area (Å²) in [7, 11) is 1.54. The average molecular weight is 393 g/mol. The van der Waals surface area contributed by atoms with Gasteiger partial charge in [0.15, 0.2) is 18.1 Å². The van der Waals surface area contributed by atoms with E-state index in [4.69, 9.17) is 32.7 Å². The lowest BCUT2D eigenvalue weighted by molar-refractivity contribution is -0.123. The van der Waals surface area contributed by atoms with E-state index < -0.39 is 5.91 Å². The number of allylic oxidation sites excluding steroid dienone is 1. The van der Waals surface area contributed by atoms with Crippen molar-refractivity contribution in [1.82, 2.24) is 5.43 Å². The van der Waals surface area contributed by atoms with Crippen molar-refractivity contribution in [3.05, 3.63) is 70.2 Å². The van der Waals surface area contributed by atoms with Gasteiger partial charge in [0.25, 0.3) is 5.91 Å². The maximum Gasteiger partial charge on any atom is 0.277 e. The van der Waals surface area contributed by atoms with Crippen LogP contribution in [0.1, 0.15) is 11.1 Å². The van der Waals surface area contributed by atoms with Crippen LogP contribution in [0.2, 0.25) is 10.0 Å². The number of hydrogen-bond acceptors (Lipinski definition) is 4. The van der Waals surface area contributed by atoms with E-state index in [-0.39, 0.29) is 6.61 Å². The maximum atomic E-state index is 11.9. The van der Waals surface area contributed by atoms with Gasteiger partial charge in [-0.05, 0) is 36.2 Å². The Morgan fingerprint density at radius 2 is 1.96 bits per heavy atom. The van der Waals surface area contributed by atoms with Crippen molar-refractivity contribution in [2.75, 3.05) is 13.7 Å². The van der Waals surface area contributed by atoms with Crippen LogP contribution in [-0.2, 0) is 11.2 Å². The van der Waals surface area contributed by atoms with Gasteiger partial charge in [-0.1, -0.05) is 41.4 Å². The van der Waals surface area contributed by atoms with Crippen LogP contribution >= 0.6 is 23.2 Å². The van der Waals surface area contributed by atoms with Crippen LogP contribution in [-0.4, -0.2) is 25.8 Å². The molecule has 0 fully saturated rings. The van der Waals surface area contributed by atoms with Gasteiger partial charge in [-0.15, -0.1) is 6.58 Å². The molecule has 0 aliphatic heterocycles. The lowest BCUT2D eigenvalue weighted by Crippen LogP contribution is -2.24. The van der Waals surface area contributed by atoms with Gasteiger partial charge >= 0.3 is 0 Å². The van der Waals surface area contributed by atoms with Crippen LogP contribution in [0.25, 0.3) is 0 Å². The molecular formula is C19H18Cl2N2O3. The largest absolute Gasteiger partial charge is 0.493 e. The first-order valence-corrected chi connectivity index (χ1v) is 8.47. The Bertz CT molecular complexity index is 802. The van der Waals surface area contributed by atoms with E-state index in [2.05, 4.69) is 17.1 Å². The van der Waals surface area contributed by atoms with Gasteiger partial charge in [0.05, 0.1) is 23.4 Å². The van der Waals surface area contributed by atoms with Gasteiger partial charge in [0.2, 0.25) is 0 Å². The molecule has 0 saturated heterocycles. The molecule has 0 spiro atoms. The molecule has 0 atom stereocenters. The molecule has 0 radical (unpaired) electrons. The minimum atomic E-state index is -0.429. The number of hydrazone groups is 1. The summed E-state index contributed by atoms with van der Waals surface area (Å²) in [5.41, 5.74) is 3.92. The van der Waals surface area contributed by atoms with E-state index in [1.807, 2.05) is 12.1 Å². The van der Waals surface area contributed by atoms with Crippen molar-refractivity contribution in [3.8, 4) is 11.5 Å². The molecule has 0 aliphatic rings. The van der Waals surface area contributed by atoms with Crippen LogP contribution in [0.3, 0.4) is 0 Å². The second kappa shape index (κ2) is 9.85. The molecule has 0 aromatic heterocycles. The summed E-state index contributed by atoms with van der Waals surface area (Å²) in [4.78, 5) is 11.9. The van der Waals surface area contributed by atoms with Gasteiger partial charge < -0.3 is 9.47 Å². The van der Waals surface area contributed by atoms with Crippen LogP contribution in [0, 0.1) is 0 Å². The number of hydrogen-bond donors (Lipinski definition) is 1. The first-order chi connectivity index (χ1) is 12.5. The monoisotopic (exact) mass is 392 g/mol. The van der Waals surface area contributed by atoms with E-state index in [0.29, 0.717) is 27.1 Å². The molecule has 1 amide bonds. The molecule has 0 bridgehead atoms. The van der Waals surface area contributed by atoms with Gasteiger partial charge in [0.1, 0.15) is 0 Å². The molecule has 5 nitrogen and oxygen atoms in total. The molecule has 7 heteroatoms. The van der Waals surface area contributed by atoms with E-state index in [0.717, 1.165) is 12.0 Å². The lowest BCUT2D eigenvalue weighted by atomic mass is 10.1. The molecule has 136 valence electrons. The van der Waals surface area contributed by atoms with Crippen molar-refractivity contribution in [2.24, 2.45) is 5.10 Å². The highest BCUT2D eigenvalue weighted by atomic mass is 35.5. The number of nitrogens with one attached hydrogen (secondary N) is 1. The number of nitrogens with zero attached hydrogens (tertiary/aromatic N) is 1. The molecule has 2 rings (SSSR count). The maximum absolute atomic E-state index is 11.9. The van der Waals surface area contributed by atoms with Crippen LogP contribution < -0.4 is 14.9 Å². The zero-order valence-electron chi connectivity index (χ0n) is 14.2. The number of halogens is 2. The van der Waals surface area contributed by atoms with Crippen molar-refractivity contribution >= 4 is 35.3 Å². The highest BCUT2D eigenvalue weighted by Gasteiger charge is 2.08. The third-order valence-corrected chi connectivity index (χ3v) is 4.01. The Morgan fingerprint density at radius 3 is 2.62 bits per heavy atom. The standard InChI is InChI=1S/C19H18Cl2N2O3/c1-3-5-13-8-9-17(18(10-13)25-2)26-12-19(24)23-22-11-14-15(20)6-4-7-16(14)21/h3-4,6-11H,1,5,12H2,2H3,(H,23,24). The Balaban J connectivity index is 1.92. The topological polar surface area (TPSA) is 59.9 Å². The zero-order chi connectivity index (χ0) is 18.9. The average Bonchev–Trinajstić information content (AvgIpc) is 2.63. The van der Waals surface area contributed by atoms with Crippen molar-refractivity contribution in [3.63, 3.8) is 0 Å². The molecule has 0 saturated carbocycles. The Labute approximate surface area is 162 Å². The number of ether oxygens (including phenoxy) is 2. The summed E-state index contributed by atoms with van der Waals surface area (Å²) < 4.78 is 10.8. The van der Waals surface area contributed by atoms with Crippen molar-refractivity contribution < 1.29 is 14.3 Å². The molecule has 2 aromatic carbocycles. The quantitative estimate of drug-likeness (QED) is 0.414. The Kier molecular flexibility index (Phi) is 7.51. The zero-order valence-corrected chi connectivity index (χ0v) is 15.7. The molecule has 26 heavy (non-hydrogen) atoms. The second-order valence-electron chi connectivity index (χ2n) is 5.20. The first kappa shape index (κ1) is 19.8. The second-order valence-corrected chi connectivity index (χ2v) is 6.01. The number of rotatable bonds is 8.